The third-order valence-corrected chi connectivity index (χ3v) is 4.09. The Morgan fingerprint density at radius 3 is 2.86 bits per heavy atom. The van der Waals surface area contributed by atoms with E-state index in [-0.39, 0.29) is 17.5 Å². The first kappa shape index (κ1) is 15.5. The Bertz CT molecular complexity index is 645. The van der Waals surface area contributed by atoms with Crippen molar-refractivity contribution in [1.29, 1.82) is 0 Å². The van der Waals surface area contributed by atoms with Crippen molar-refractivity contribution in [2.45, 2.75) is 18.6 Å². The molecule has 6 nitrogen and oxygen atoms in total. The number of aliphatic carboxylic acids is 1. The molecule has 0 spiro atoms. The molecule has 1 saturated heterocycles. The molecule has 0 bridgehead atoms. The number of nitrogens with zero attached hydrogens (tertiary/aromatic N) is 2. The number of thioether (sulfide) groups is 1. The molecule has 2 N–H and O–H groups in total. The van der Waals surface area contributed by atoms with Crippen LogP contribution < -0.4 is 5.32 Å². The molecule has 1 atom stereocenters. The summed E-state index contributed by atoms with van der Waals surface area (Å²) in [5.74, 6) is -1.40. The predicted octanol–water partition coefficient (Wildman–Crippen LogP) is 2.13. The van der Waals surface area contributed by atoms with E-state index >= 15 is 0 Å². The van der Waals surface area contributed by atoms with E-state index in [0.29, 0.717) is 10.7 Å². The van der Waals surface area contributed by atoms with Crippen molar-refractivity contribution in [3.05, 3.63) is 34.9 Å². The maximum atomic E-state index is 11.5. The first-order valence-corrected chi connectivity index (χ1v) is 7.29. The van der Waals surface area contributed by atoms with Crippen molar-refractivity contribution in [3.8, 4) is 0 Å². The molecular weight excluding hydrogens is 314 g/mol. The number of carboxylic acids is 1. The Morgan fingerprint density at radius 2 is 2.19 bits per heavy atom. The molecule has 1 aliphatic rings. The van der Waals surface area contributed by atoms with Crippen LogP contribution in [0.3, 0.4) is 0 Å². The molecule has 1 aliphatic heterocycles. The summed E-state index contributed by atoms with van der Waals surface area (Å²) in [6, 6.07) is 7.21. The molecule has 1 aromatic rings. The van der Waals surface area contributed by atoms with Crippen LogP contribution >= 0.6 is 23.4 Å². The summed E-state index contributed by atoms with van der Waals surface area (Å²) in [6.07, 6.45) is -0.247. The average Bonchev–Trinajstić information content (AvgIpc) is 2.76. The number of carbonyl (C=O) groups is 2. The number of benzene rings is 1. The molecule has 0 aromatic heterocycles. The minimum absolute atomic E-state index is 0.247. The van der Waals surface area contributed by atoms with E-state index in [9.17, 15) is 9.59 Å². The van der Waals surface area contributed by atoms with Gasteiger partial charge < -0.3 is 10.4 Å². The molecule has 8 heteroatoms. The predicted molar refractivity (Wildman–Crippen MR) is 82.9 cm³/mol. The van der Waals surface area contributed by atoms with E-state index < -0.39 is 11.2 Å². The van der Waals surface area contributed by atoms with Gasteiger partial charge in [0, 0.05) is 10.6 Å². The van der Waals surface area contributed by atoms with Gasteiger partial charge in [-0.05, 0) is 13.0 Å². The minimum atomic E-state index is -1.03. The van der Waals surface area contributed by atoms with Gasteiger partial charge in [0.05, 0.1) is 12.1 Å². The van der Waals surface area contributed by atoms with Gasteiger partial charge in [0.25, 0.3) is 0 Å². The van der Waals surface area contributed by atoms with Crippen LogP contribution in [0.15, 0.2) is 34.5 Å². The van der Waals surface area contributed by atoms with Gasteiger partial charge in [-0.2, -0.15) is 5.10 Å². The number of rotatable bonds is 4. The van der Waals surface area contributed by atoms with Crippen molar-refractivity contribution < 1.29 is 14.7 Å². The minimum Gasteiger partial charge on any atom is -0.481 e. The zero-order chi connectivity index (χ0) is 15.4. The lowest BCUT2D eigenvalue weighted by atomic mass is 10.1. The summed E-state index contributed by atoms with van der Waals surface area (Å²) in [5.41, 5.74) is 1.35. The second-order valence-corrected chi connectivity index (χ2v) is 5.86. The highest BCUT2D eigenvalue weighted by atomic mass is 35.5. The van der Waals surface area contributed by atoms with Gasteiger partial charge in [0.2, 0.25) is 5.91 Å². The monoisotopic (exact) mass is 325 g/mol. The number of halogens is 1. The van der Waals surface area contributed by atoms with Gasteiger partial charge in [-0.3, -0.25) is 9.59 Å². The second kappa shape index (κ2) is 6.73. The van der Waals surface area contributed by atoms with Crippen molar-refractivity contribution in [2.24, 2.45) is 10.2 Å². The van der Waals surface area contributed by atoms with Gasteiger partial charge in [-0.1, -0.05) is 41.6 Å². The zero-order valence-electron chi connectivity index (χ0n) is 11.0. The molecule has 0 saturated carbocycles. The number of hydrogen-bond donors (Lipinski definition) is 2. The molecule has 0 radical (unpaired) electrons. The summed E-state index contributed by atoms with van der Waals surface area (Å²) in [6.45, 7) is 1.75. The highest BCUT2D eigenvalue weighted by molar-refractivity contribution is 8.15. The number of carbonyl (C=O) groups excluding carboxylic acids is 1. The van der Waals surface area contributed by atoms with E-state index in [1.807, 2.05) is 18.2 Å². The standard InChI is InChI=1S/C13H12ClN3O3S/c1-7(8-4-2-3-5-9(8)14)16-17-13-15-12(20)10(21-13)6-11(18)19/h2-5,10H,6H2,1H3,(H,18,19)(H,15,17,20)/b16-7-. The third-order valence-electron chi connectivity index (χ3n) is 2.69. The molecule has 1 unspecified atom stereocenters. The van der Waals surface area contributed by atoms with E-state index in [4.69, 9.17) is 16.7 Å². The zero-order valence-corrected chi connectivity index (χ0v) is 12.6. The van der Waals surface area contributed by atoms with E-state index in [1.54, 1.807) is 13.0 Å². The van der Waals surface area contributed by atoms with Crippen LogP contribution in [0.2, 0.25) is 5.02 Å². The van der Waals surface area contributed by atoms with Crippen LogP contribution in [0, 0.1) is 0 Å². The number of hydrogen-bond acceptors (Lipinski definition) is 5. The van der Waals surface area contributed by atoms with Crippen molar-refractivity contribution in [3.63, 3.8) is 0 Å². The number of amidine groups is 1. The first-order chi connectivity index (χ1) is 9.97. The van der Waals surface area contributed by atoms with Crippen LogP contribution in [-0.2, 0) is 9.59 Å². The van der Waals surface area contributed by atoms with Crippen LogP contribution in [0.5, 0.6) is 0 Å². The maximum absolute atomic E-state index is 11.5. The molecule has 110 valence electrons. The van der Waals surface area contributed by atoms with E-state index in [0.717, 1.165) is 17.3 Å². The summed E-state index contributed by atoms with van der Waals surface area (Å²) >= 11 is 7.11. The largest absolute Gasteiger partial charge is 0.481 e. The number of nitrogens with one attached hydrogen (secondary N) is 1. The fourth-order valence-electron chi connectivity index (χ4n) is 1.67. The lowest BCUT2D eigenvalue weighted by Gasteiger charge is -2.01. The van der Waals surface area contributed by atoms with Crippen molar-refractivity contribution in [1.82, 2.24) is 5.32 Å². The molecule has 1 heterocycles. The second-order valence-electron chi connectivity index (χ2n) is 4.26. The highest BCUT2D eigenvalue weighted by Gasteiger charge is 2.32. The Balaban J connectivity index is 2.11. The van der Waals surface area contributed by atoms with Crippen LogP contribution in [0.25, 0.3) is 0 Å². The lowest BCUT2D eigenvalue weighted by Crippen LogP contribution is -2.26. The number of carboxylic acid groups (broad SMARTS) is 1. The Morgan fingerprint density at radius 1 is 1.48 bits per heavy atom. The Hall–Kier alpha value is -1.86. The first-order valence-electron chi connectivity index (χ1n) is 6.04. The molecule has 0 aliphatic carbocycles. The normalized spacial score (nSPS) is 20.7. The molecular formula is C13H12ClN3O3S. The Labute approximate surface area is 130 Å². The topological polar surface area (TPSA) is 91.1 Å². The molecule has 1 amide bonds. The van der Waals surface area contributed by atoms with Gasteiger partial charge in [0.15, 0.2) is 5.17 Å². The van der Waals surface area contributed by atoms with Crippen LogP contribution in [0.1, 0.15) is 18.9 Å². The summed E-state index contributed by atoms with van der Waals surface area (Å²) in [7, 11) is 0. The van der Waals surface area contributed by atoms with Gasteiger partial charge in [0.1, 0.15) is 5.25 Å². The van der Waals surface area contributed by atoms with Crippen LogP contribution in [-0.4, -0.2) is 33.1 Å². The summed E-state index contributed by atoms with van der Waals surface area (Å²) in [4.78, 5) is 22.2. The molecule has 1 aromatic carbocycles. The van der Waals surface area contributed by atoms with Crippen LogP contribution in [0.4, 0.5) is 0 Å². The maximum Gasteiger partial charge on any atom is 0.305 e. The van der Waals surface area contributed by atoms with Crippen molar-refractivity contribution in [2.75, 3.05) is 0 Å². The molecule has 2 rings (SSSR count). The van der Waals surface area contributed by atoms with Gasteiger partial charge in [-0.25, -0.2) is 0 Å². The van der Waals surface area contributed by atoms with Gasteiger partial charge in [-0.15, -0.1) is 5.10 Å². The average molecular weight is 326 g/mol. The third kappa shape index (κ3) is 4.05. The highest BCUT2D eigenvalue weighted by Crippen LogP contribution is 2.22. The summed E-state index contributed by atoms with van der Waals surface area (Å²) < 4.78 is 0. The fourth-order valence-corrected chi connectivity index (χ4v) is 2.86. The quantitative estimate of drug-likeness (QED) is 0.655. The van der Waals surface area contributed by atoms with Gasteiger partial charge >= 0.3 is 5.97 Å². The lowest BCUT2D eigenvalue weighted by molar-refractivity contribution is -0.138. The van der Waals surface area contributed by atoms with E-state index in [2.05, 4.69) is 15.5 Å². The molecule has 21 heavy (non-hydrogen) atoms. The SMILES string of the molecule is C/C(=N/N=C1\NC(=O)C(CC(=O)O)S1)c1ccccc1Cl. The molecule has 1 fully saturated rings. The number of amides is 1. The Kier molecular flexibility index (Phi) is 4.98. The smallest absolute Gasteiger partial charge is 0.305 e. The van der Waals surface area contributed by atoms with Crippen molar-refractivity contribution >= 4 is 46.1 Å². The summed E-state index contributed by atoms with van der Waals surface area (Å²) in [5, 5.41) is 19.3. The fraction of sp³-hybridized carbons (Fsp3) is 0.231. The van der Waals surface area contributed by atoms with E-state index in [1.165, 1.54) is 0 Å².